The molecule has 0 unspecified atom stereocenters. The number of benzene rings is 2. The summed E-state index contributed by atoms with van der Waals surface area (Å²) in [6.07, 6.45) is 2.85. The summed E-state index contributed by atoms with van der Waals surface area (Å²) >= 11 is 0. The highest BCUT2D eigenvalue weighted by Gasteiger charge is 2.34. The Balaban J connectivity index is 1.30. The van der Waals surface area contributed by atoms with Crippen LogP contribution in [-0.2, 0) is 20.7 Å². The molecule has 1 aromatic heterocycles. The molecule has 202 valence electrons. The average Bonchev–Trinajstić information content (AvgIpc) is 3.36. The van der Waals surface area contributed by atoms with Crippen LogP contribution < -0.4 is 9.47 Å². The first-order valence-corrected chi connectivity index (χ1v) is 13.1. The zero-order chi connectivity index (χ0) is 27.4. The van der Waals surface area contributed by atoms with Crippen LogP contribution in [-0.4, -0.2) is 37.9 Å². The minimum Gasteiger partial charge on any atom is -0.491 e. The fraction of sp³-hybridized carbons (Fsp3) is 0.375. The minimum absolute atomic E-state index is 0.0557. The number of esters is 1. The van der Waals surface area contributed by atoms with E-state index in [9.17, 15) is 4.79 Å². The van der Waals surface area contributed by atoms with E-state index < -0.39 is 6.10 Å². The molecule has 1 fully saturated rings. The molecule has 39 heavy (non-hydrogen) atoms. The first-order chi connectivity index (χ1) is 18.9. The predicted molar refractivity (Wildman–Crippen MR) is 145 cm³/mol. The molecule has 1 aliphatic carbocycles. The Hall–Kier alpha value is -3.89. The van der Waals surface area contributed by atoms with Crippen molar-refractivity contribution in [1.82, 2.24) is 4.98 Å². The molecule has 0 amide bonds. The van der Waals surface area contributed by atoms with Gasteiger partial charge in [-0.1, -0.05) is 25.0 Å². The molecule has 0 N–H and O–H groups in total. The van der Waals surface area contributed by atoms with Crippen LogP contribution in [0.3, 0.4) is 0 Å². The van der Waals surface area contributed by atoms with Crippen molar-refractivity contribution in [1.29, 1.82) is 0 Å². The van der Waals surface area contributed by atoms with Gasteiger partial charge in [0.05, 0.1) is 51.2 Å². The van der Waals surface area contributed by atoms with E-state index in [0.29, 0.717) is 49.7 Å². The third-order valence-electron chi connectivity index (χ3n) is 7.26. The maximum Gasteiger partial charge on any atom is 0.307 e. The van der Waals surface area contributed by atoms with Crippen molar-refractivity contribution in [2.75, 3.05) is 26.9 Å². The lowest BCUT2D eigenvalue weighted by Crippen LogP contribution is -2.44. The number of pyridine rings is 1. The number of rotatable bonds is 9. The topological polar surface area (TPSA) is 66.9 Å². The van der Waals surface area contributed by atoms with Crippen molar-refractivity contribution in [2.24, 2.45) is 5.41 Å². The molecule has 2 atom stereocenters. The molecule has 6 nitrogen and oxygen atoms in total. The Labute approximate surface area is 228 Å². The third kappa shape index (κ3) is 5.91. The van der Waals surface area contributed by atoms with E-state index in [-0.39, 0.29) is 29.5 Å². The first kappa shape index (κ1) is 26.7. The summed E-state index contributed by atoms with van der Waals surface area (Å²) in [5, 5.41) is 0. The van der Waals surface area contributed by atoms with E-state index >= 15 is 4.39 Å². The molecule has 0 saturated carbocycles. The third-order valence-corrected chi connectivity index (χ3v) is 7.26. The van der Waals surface area contributed by atoms with Gasteiger partial charge < -0.3 is 18.9 Å². The SMILES string of the molecule is CC#C[C@@H](CC(=O)OC)c1ccc(O[C@@H]2CCc3c(-c4ccc(OCC5(C)COC5)cn4)ccc(F)c32)cc1. The number of nitrogens with zero attached hydrogens (tertiary/aromatic N) is 1. The molecule has 0 spiro atoms. The smallest absolute Gasteiger partial charge is 0.307 e. The Bertz CT molecular complexity index is 1390. The van der Waals surface area contributed by atoms with Crippen LogP contribution in [0, 0.1) is 23.1 Å². The molecule has 2 aliphatic rings. The van der Waals surface area contributed by atoms with Crippen molar-refractivity contribution in [3.05, 3.63) is 77.2 Å². The first-order valence-electron chi connectivity index (χ1n) is 13.1. The normalized spacial score (nSPS) is 17.7. The number of methoxy groups -OCH3 is 1. The molecule has 3 aromatic rings. The van der Waals surface area contributed by atoms with E-state index in [1.54, 1.807) is 19.2 Å². The molecule has 5 rings (SSSR count). The van der Waals surface area contributed by atoms with Crippen molar-refractivity contribution >= 4 is 5.97 Å². The van der Waals surface area contributed by atoms with Crippen molar-refractivity contribution < 1.29 is 28.1 Å². The predicted octanol–water partition coefficient (Wildman–Crippen LogP) is 6.04. The van der Waals surface area contributed by atoms with Crippen LogP contribution in [0.2, 0.25) is 0 Å². The molecule has 2 heterocycles. The largest absolute Gasteiger partial charge is 0.491 e. The highest BCUT2D eigenvalue weighted by atomic mass is 19.1. The van der Waals surface area contributed by atoms with E-state index in [2.05, 4.69) is 23.7 Å². The van der Waals surface area contributed by atoms with Gasteiger partial charge in [0, 0.05) is 16.5 Å². The van der Waals surface area contributed by atoms with Crippen LogP contribution in [0.25, 0.3) is 11.3 Å². The second kappa shape index (κ2) is 11.5. The summed E-state index contributed by atoms with van der Waals surface area (Å²) in [7, 11) is 1.37. The quantitative estimate of drug-likeness (QED) is 0.249. The number of halogens is 1. The lowest BCUT2D eigenvalue weighted by atomic mass is 9.90. The highest BCUT2D eigenvalue weighted by molar-refractivity contribution is 5.71. The van der Waals surface area contributed by atoms with E-state index in [1.807, 2.05) is 36.4 Å². The zero-order valence-electron chi connectivity index (χ0n) is 22.5. The number of fused-ring (bicyclic) bond motifs is 1. The minimum atomic E-state index is -0.403. The number of carbonyl (C=O) groups is 1. The Morgan fingerprint density at radius 2 is 1.92 bits per heavy atom. The van der Waals surface area contributed by atoms with Gasteiger partial charge >= 0.3 is 5.97 Å². The Kier molecular flexibility index (Phi) is 7.85. The molecular weight excluding hydrogens is 497 g/mol. The standard InChI is InChI=1S/C32H32FNO5/c1-4-5-22(16-30(35)36-3)21-6-8-23(9-7-21)39-29-15-12-26-25(11-13-27(33)31(26)29)28-14-10-24(17-34-28)38-20-32(2)18-37-19-32/h6-11,13-14,17,22,29H,12,15-16,18-20H2,1-3H3/t22-,29+/m0/s1. The number of carbonyl (C=O) groups excluding carboxylic acids is 1. The van der Waals surface area contributed by atoms with Gasteiger partial charge in [0.1, 0.15) is 23.4 Å². The summed E-state index contributed by atoms with van der Waals surface area (Å²) in [5.41, 5.74) is 4.14. The van der Waals surface area contributed by atoms with Crippen LogP contribution in [0.15, 0.2) is 54.7 Å². The van der Waals surface area contributed by atoms with Gasteiger partial charge in [-0.25, -0.2) is 4.39 Å². The van der Waals surface area contributed by atoms with Crippen molar-refractivity contribution in [2.45, 2.75) is 45.1 Å². The fourth-order valence-corrected chi connectivity index (χ4v) is 5.07. The number of ether oxygens (including phenoxy) is 4. The van der Waals surface area contributed by atoms with E-state index in [4.69, 9.17) is 18.9 Å². The van der Waals surface area contributed by atoms with Crippen LogP contribution in [0.1, 0.15) is 55.4 Å². The Morgan fingerprint density at radius 3 is 2.56 bits per heavy atom. The summed E-state index contributed by atoms with van der Waals surface area (Å²) in [5.74, 6) is 6.42. The molecule has 1 saturated heterocycles. The van der Waals surface area contributed by atoms with Gasteiger partial charge in [0.15, 0.2) is 0 Å². The summed E-state index contributed by atoms with van der Waals surface area (Å²) in [4.78, 5) is 16.4. The van der Waals surface area contributed by atoms with Crippen molar-refractivity contribution in [3.63, 3.8) is 0 Å². The number of hydrogen-bond acceptors (Lipinski definition) is 6. The van der Waals surface area contributed by atoms with Crippen molar-refractivity contribution in [3.8, 4) is 34.6 Å². The lowest BCUT2D eigenvalue weighted by Gasteiger charge is -2.37. The molecular formula is C32H32FNO5. The molecule has 2 aromatic carbocycles. The average molecular weight is 530 g/mol. The maximum atomic E-state index is 15.1. The monoisotopic (exact) mass is 529 g/mol. The second-order valence-electron chi connectivity index (χ2n) is 10.4. The fourth-order valence-electron chi connectivity index (χ4n) is 5.07. The number of aromatic nitrogens is 1. The second-order valence-corrected chi connectivity index (χ2v) is 10.4. The molecule has 1 aliphatic heterocycles. The summed E-state index contributed by atoms with van der Waals surface area (Å²) < 4.78 is 37.3. The van der Waals surface area contributed by atoms with Gasteiger partial charge in [-0.2, -0.15) is 0 Å². The van der Waals surface area contributed by atoms with E-state index in [1.165, 1.54) is 13.2 Å². The molecule has 0 radical (unpaired) electrons. The van der Waals surface area contributed by atoms with Gasteiger partial charge in [-0.05, 0) is 67.3 Å². The molecule has 7 heteroatoms. The van der Waals surface area contributed by atoms with Gasteiger partial charge in [0.2, 0.25) is 0 Å². The van der Waals surface area contributed by atoms with Gasteiger partial charge in [-0.15, -0.1) is 5.92 Å². The van der Waals surface area contributed by atoms with Crippen LogP contribution in [0.5, 0.6) is 11.5 Å². The zero-order valence-corrected chi connectivity index (χ0v) is 22.5. The lowest BCUT2D eigenvalue weighted by molar-refractivity contribution is -0.140. The Morgan fingerprint density at radius 1 is 1.15 bits per heavy atom. The summed E-state index contributed by atoms with van der Waals surface area (Å²) in [6, 6.07) is 14.6. The van der Waals surface area contributed by atoms with Crippen LogP contribution in [0.4, 0.5) is 4.39 Å². The number of hydrogen-bond donors (Lipinski definition) is 0. The van der Waals surface area contributed by atoms with Crippen LogP contribution >= 0.6 is 0 Å². The van der Waals surface area contributed by atoms with Gasteiger partial charge in [0.25, 0.3) is 0 Å². The van der Waals surface area contributed by atoms with E-state index in [0.717, 1.165) is 22.4 Å². The highest BCUT2D eigenvalue weighted by Crippen LogP contribution is 2.41. The summed E-state index contributed by atoms with van der Waals surface area (Å²) in [6.45, 7) is 5.87. The van der Waals surface area contributed by atoms with Gasteiger partial charge in [-0.3, -0.25) is 9.78 Å². The maximum absolute atomic E-state index is 15.1. The molecule has 0 bridgehead atoms.